The molecular weight excluding hydrogens is 480 g/mol. The number of fused-ring (bicyclic) bond motifs is 1. The second kappa shape index (κ2) is 9.54. The molecule has 1 fully saturated rings. The van der Waals surface area contributed by atoms with E-state index in [0.717, 1.165) is 34.6 Å². The van der Waals surface area contributed by atoms with Crippen molar-refractivity contribution in [2.24, 2.45) is 0 Å². The molecule has 33 heavy (non-hydrogen) atoms. The fourth-order valence-corrected chi connectivity index (χ4v) is 6.54. The van der Waals surface area contributed by atoms with Gasteiger partial charge in [-0.25, -0.2) is 4.98 Å². The molecule has 5 rings (SSSR count). The summed E-state index contributed by atoms with van der Waals surface area (Å²) >= 11 is 9.65. The van der Waals surface area contributed by atoms with Gasteiger partial charge < -0.3 is 19.9 Å². The number of benzene rings is 2. The highest BCUT2D eigenvalue weighted by atomic mass is 35.5. The van der Waals surface area contributed by atoms with Crippen LogP contribution in [-0.2, 0) is 10.2 Å². The first-order valence-electron chi connectivity index (χ1n) is 10.7. The van der Waals surface area contributed by atoms with Crippen molar-refractivity contribution in [2.75, 3.05) is 24.5 Å². The number of hydrogen-bond donors (Lipinski definition) is 2. The number of carbonyl (C=O) groups excluding carboxylic acids is 1. The number of rotatable bonds is 9. The van der Waals surface area contributed by atoms with E-state index in [0.29, 0.717) is 28.1 Å². The number of thiazole rings is 1. The number of ether oxygens (including phenoxy) is 2. The summed E-state index contributed by atoms with van der Waals surface area (Å²) in [6.07, 6.45) is 4.08. The van der Waals surface area contributed by atoms with Crippen LogP contribution in [0.5, 0.6) is 11.5 Å². The molecule has 2 N–H and O–H groups in total. The molecule has 2 heterocycles. The second-order valence-corrected chi connectivity index (χ2v) is 10.7. The first-order chi connectivity index (χ1) is 16.1. The lowest BCUT2D eigenvalue weighted by atomic mass is 9.94. The molecule has 6 nitrogen and oxygen atoms in total. The number of nitrogens with one attached hydrogen (secondary N) is 1. The van der Waals surface area contributed by atoms with E-state index in [1.807, 2.05) is 42.5 Å². The molecule has 1 saturated carbocycles. The number of anilines is 1. The summed E-state index contributed by atoms with van der Waals surface area (Å²) in [6.45, 7) is 0.358. The minimum absolute atomic E-state index is 0.0165. The minimum atomic E-state index is -0.551. The van der Waals surface area contributed by atoms with E-state index < -0.39 is 5.41 Å². The first kappa shape index (κ1) is 22.5. The van der Waals surface area contributed by atoms with Gasteiger partial charge in [0.2, 0.25) is 12.7 Å². The second-order valence-electron chi connectivity index (χ2n) is 8.02. The summed E-state index contributed by atoms with van der Waals surface area (Å²) in [6, 6.07) is 13.5. The summed E-state index contributed by atoms with van der Waals surface area (Å²) in [4.78, 5) is 18.7. The van der Waals surface area contributed by atoms with Gasteiger partial charge in [0.15, 0.2) is 16.6 Å². The molecule has 0 saturated heterocycles. The molecule has 1 atom stereocenters. The number of amides is 1. The van der Waals surface area contributed by atoms with Gasteiger partial charge in [0.05, 0.1) is 10.7 Å². The molecular formula is C24H23ClN2O4S2. The lowest BCUT2D eigenvalue weighted by molar-refractivity contribution is -0.118. The Hall–Kier alpha value is -2.26. The van der Waals surface area contributed by atoms with Gasteiger partial charge in [-0.2, -0.15) is 0 Å². The highest BCUT2D eigenvalue weighted by Gasteiger charge is 2.52. The molecule has 1 unspecified atom stereocenters. The third kappa shape index (κ3) is 4.57. The predicted molar refractivity (Wildman–Crippen MR) is 132 cm³/mol. The van der Waals surface area contributed by atoms with Crippen molar-refractivity contribution in [1.29, 1.82) is 0 Å². The molecule has 1 aliphatic heterocycles. The van der Waals surface area contributed by atoms with Crippen molar-refractivity contribution in [2.45, 2.75) is 29.9 Å². The van der Waals surface area contributed by atoms with Gasteiger partial charge in [-0.1, -0.05) is 35.9 Å². The molecule has 0 radical (unpaired) electrons. The number of carbonyl (C=O) groups is 1. The maximum atomic E-state index is 13.2. The average Bonchev–Trinajstić information content (AvgIpc) is 3.28. The van der Waals surface area contributed by atoms with Crippen molar-refractivity contribution in [1.82, 2.24) is 4.98 Å². The maximum Gasteiger partial charge on any atom is 0.236 e. The molecule has 2 aromatic carbocycles. The van der Waals surface area contributed by atoms with Gasteiger partial charge in [0, 0.05) is 22.7 Å². The van der Waals surface area contributed by atoms with Crippen LogP contribution >= 0.6 is 34.7 Å². The summed E-state index contributed by atoms with van der Waals surface area (Å²) in [5.74, 6) is 2.14. The van der Waals surface area contributed by atoms with E-state index in [2.05, 4.69) is 10.3 Å². The Morgan fingerprint density at radius 1 is 1.24 bits per heavy atom. The quantitative estimate of drug-likeness (QED) is 0.381. The lowest BCUT2D eigenvalue weighted by Gasteiger charge is -2.17. The van der Waals surface area contributed by atoms with Crippen LogP contribution in [0.4, 0.5) is 5.13 Å². The number of hydrogen-bond acceptors (Lipinski definition) is 7. The van der Waals surface area contributed by atoms with Gasteiger partial charge in [0.1, 0.15) is 0 Å². The number of nitrogens with zero attached hydrogens (tertiary/aromatic N) is 1. The number of aliphatic hydroxyl groups excluding tert-OH is 1. The molecule has 0 bridgehead atoms. The third-order valence-corrected chi connectivity index (χ3v) is 8.72. The molecule has 3 aromatic rings. The summed E-state index contributed by atoms with van der Waals surface area (Å²) in [5, 5.41) is 13.5. The van der Waals surface area contributed by atoms with Crippen LogP contribution in [-0.4, -0.2) is 35.2 Å². The van der Waals surface area contributed by atoms with Gasteiger partial charge in [-0.15, -0.1) is 23.1 Å². The summed E-state index contributed by atoms with van der Waals surface area (Å²) < 4.78 is 10.9. The van der Waals surface area contributed by atoms with Crippen LogP contribution in [0, 0.1) is 0 Å². The van der Waals surface area contributed by atoms with Crippen LogP contribution in [0.15, 0.2) is 48.7 Å². The molecule has 0 spiro atoms. The van der Waals surface area contributed by atoms with Crippen molar-refractivity contribution in [3.63, 3.8) is 0 Å². The minimum Gasteiger partial charge on any atom is -0.454 e. The summed E-state index contributed by atoms with van der Waals surface area (Å²) in [5.41, 5.74) is 1.39. The monoisotopic (exact) mass is 502 g/mol. The Bertz CT molecular complexity index is 1160. The standard InChI is InChI=1S/C24H23ClN2O4S2/c25-17-5-2-1-4-16(17)21(32-11-3-10-28)20-13-26-23(33-20)27-22(29)24(8-9-24)15-6-7-18-19(12-15)31-14-30-18/h1-2,4-7,12-13,21,28H,3,8-11,14H2,(H,26,27,29). The molecule has 1 aromatic heterocycles. The van der Waals surface area contributed by atoms with Crippen LogP contribution in [0.2, 0.25) is 5.02 Å². The molecule has 172 valence electrons. The van der Waals surface area contributed by atoms with Crippen molar-refractivity contribution >= 4 is 45.7 Å². The Morgan fingerprint density at radius 2 is 2.06 bits per heavy atom. The highest BCUT2D eigenvalue weighted by Crippen LogP contribution is 2.51. The van der Waals surface area contributed by atoms with Crippen LogP contribution in [0.25, 0.3) is 0 Å². The van der Waals surface area contributed by atoms with E-state index in [-0.39, 0.29) is 24.6 Å². The Balaban J connectivity index is 1.34. The van der Waals surface area contributed by atoms with Crippen LogP contribution < -0.4 is 14.8 Å². The number of thioether (sulfide) groups is 1. The van der Waals surface area contributed by atoms with E-state index in [1.54, 1.807) is 18.0 Å². The smallest absolute Gasteiger partial charge is 0.236 e. The molecule has 1 amide bonds. The van der Waals surface area contributed by atoms with Crippen molar-refractivity contribution < 1.29 is 19.4 Å². The third-order valence-electron chi connectivity index (χ3n) is 5.89. The number of aliphatic hydroxyl groups is 1. The number of aromatic nitrogens is 1. The highest BCUT2D eigenvalue weighted by molar-refractivity contribution is 7.99. The average molecular weight is 503 g/mol. The van der Waals surface area contributed by atoms with E-state index in [1.165, 1.54) is 11.3 Å². The normalized spacial score (nSPS) is 16.4. The zero-order chi connectivity index (χ0) is 22.8. The van der Waals surface area contributed by atoms with Gasteiger partial charge in [-0.05, 0) is 54.3 Å². The Morgan fingerprint density at radius 3 is 2.85 bits per heavy atom. The van der Waals surface area contributed by atoms with Gasteiger partial charge >= 0.3 is 0 Å². The zero-order valence-corrected chi connectivity index (χ0v) is 20.1. The van der Waals surface area contributed by atoms with Gasteiger partial charge in [0.25, 0.3) is 0 Å². The zero-order valence-electron chi connectivity index (χ0n) is 17.8. The fraction of sp³-hybridized carbons (Fsp3) is 0.333. The predicted octanol–water partition coefficient (Wildman–Crippen LogP) is 5.40. The first-order valence-corrected chi connectivity index (χ1v) is 13.0. The molecule has 2 aliphatic rings. The topological polar surface area (TPSA) is 80.7 Å². The number of halogens is 1. The van der Waals surface area contributed by atoms with Crippen molar-refractivity contribution in [3.8, 4) is 11.5 Å². The summed E-state index contributed by atoms with van der Waals surface area (Å²) in [7, 11) is 0. The van der Waals surface area contributed by atoms with Crippen LogP contribution in [0.1, 0.15) is 40.5 Å². The lowest BCUT2D eigenvalue weighted by Crippen LogP contribution is -2.27. The maximum absolute atomic E-state index is 13.2. The largest absolute Gasteiger partial charge is 0.454 e. The molecule has 1 aliphatic carbocycles. The fourth-order valence-electron chi connectivity index (χ4n) is 3.93. The SMILES string of the molecule is O=C(Nc1ncc(C(SCCCO)c2ccccc2Cl)s1)C1(c2ccc3c(c2)OCO3)CC1. The van der Waals surface area contributed by atoms with E-state index >= 15 is 0 Å². The Labute approximate surface area is 205 Å². The van der Waals surface area contributed by atoms with Crippen LogP contribution in [0.3, 0.4) is 0 Å². The molecule has 9 heteroatoms. The van der Waals surface area contributed by atoms with E-state index in [9.17, 15) is 9.90 Å². The van der Waals surface area contributed by atoms with Crippen molar-refractivity contribution in [3.05, 3.63) is 69.7 Å². The Kier molecular flexibility index (Phi) is 6.51. The van der Waals surface area contributed by atoms with Gasteiger partial charge in [-0.3, -0.25) is 4.79 Å². The van der Waals surface area contributed by atoms with E-state index in [4.69, 9.17) is 21.1 Å².